The minimum atomic E-state index is 0.343. The van der Waals surface area contributed by atoms with Gasteiger partial charge in [0.15, 0.2) is 0 Å². The second kappa shape index (κ2) is 6.09. The molecule has 0 heterocycles. The molecule has 1 nitrogen and oxygen atoms in total. The van der Waals surface area contributed by atoms with Crippen LogP contribution in [0.3, 0.4) is 0 Å². The van der Waals surface area contributed by atoms with Crippen LogP contribution in [0, 0.1) is 0 Å². The Morgan fingerprint density at radius 1 is 1.00 bits per heavy atom. The summed E-state index contributed by atoms with van der Waals surface area (Å²) >= 11 is 0. The Morgan fingerprint density at radius 3 is 2.00 bits per heavy atom. The highest BCUT2D eigenvalue weighted by molar-refractivity contribution is 5.40. The Kier molecular flexibility index (Phi) is 5.04. The monoisotopic (exact) mass is 234 g/mol. The quantitative estimate of drug-likeness (QED) is 0.691. The first-order valence-corrected chi connectivity index (χ1v) is 6.84. The van der Waals surface area contributed by atoms with E-state index in [0.29, 0.717) is 5.41 Å². The molecule has 1 aromatic carbocycles. The summed E-state index contributed by atoms with van der Waals surface area (Å²) in [6, 6.07) is 6.72. The SMILES string of the molecule is CCc1cc(C(CC)(CC)CC)ccc1OC. The Morgan fingerprint density at radius 2 is 1.59 bits per heavy atom. The predicted octanol–water partition coefficient (Wildman–Crippen LogP) is 4.73. The fraction of sp³-hybridized carbons (Fsp3) is 0.625. The van der Waals surface area contributed by atoms with Gasteiger partial charge in [-0.25, -0.2) is 0 Å². The van der Waals surface area contributed by atoms with E-state index in [-0.39, 0.29) is 0 Å². The molecule has 0 saturated heterocycles. The fourth-order valence-electron chi connectivity index (χ4n) is 2.75. The van der Waals surface area contributed by atoms with E-state index < -0.39 is 0 Å². The van der Waals surface area contributed by atoms with Crippen LogP contribution in [0.5, 0.6) is 5.75 Å². The first kappa shape index (κ1) is 14.1. The zero-order valence-electron chi connectivity index (χ0n) is 12.0. The minimum Gasteiger partial charge on any atom is -0.496 e. The Labute approximate surface area is 106 Å². The van der Waals surface area contributed by atoms with Gasteiger partial charge in [0.05, 0.1) is 7.11 Å². The molecule has 0 aromatic heterocycles. The Balaban J connectivity index is 3.22. The summed E-state index contributed by atoms with van der Waals surface area (Å²) in [5.41, 5.74) is 3.14. The highest BCUT2D eigenvalue weighted by atomic mass is 16.5. The number of methoxy groups -OCH3 is 1. The van der Waals surface area contributed by atoms with Crippen LogP contribution in [0.2, 0.25) is 0 Å². The molecule has 0 saturated carbocycles. The maximum Gasteiger partial charge on any atom is 0.122 e. The number of hydrogen-bond donors (Lipinski definition) is 0. The summed E-state index contributed by atoms with van der Waals surface area (Å²) in [5, 5.41) is 0. The average Bonchev–Trinajstić information content (AvgIpc) is 2.41. The number of hydrogen-bond acceptors (Lipinski definition) is 1. The van der Waals surface area contributed by atoms with Gasteiger partial charge < -0.3 is 4.74 Å². The first-order valence-electron chi connectivity index (χ1n) is 6.84. The number of ether oxygens (including phenoxy) is 1. The van der Waals surface area contributed by atoms with E-state index in [2.05, 4.69) is 45.9 Å². The lowest BCUT2D eigenvalue weighted by Gasteiger charge is -2.31. The van der Waals surface area contributed by atoms with Crippen molar-refractivity contribution < 1.29 is 4.74 Å². The third-order valence-electron chi connectivity index (χ3n) is 4.30. The van der Waals surface area contributed by atoms with E-state index in [4.69, 9.17) is 4.74 Å². The van der Waals surface area contributed by atoms with Gasteiger partial charge in [-0.3, -0.25) is 0 Å². The maximum atomic E-state index is 5.40. The Bertz CT molecular complexity index is 342. The van der Waals surface area contributed by atoms with Gasteiger partial charge in [-0.2, -0.15) is 0 Å². The molecule has 0 aliphatic carbocycles. The van der Waals surface area contributed by atoms with Gasteiger partial charge in [0.25, 0.3) is 0 Å². The van der Waals surface area contributed by atoms with Gasteiger partial charge in [0, 0.05) is 0 Å². The summed E-state index contributed by atoms with van der Waals surface area (Å²) in [4.78, 5) is 0. The number of aryl methyl sites for hydroxylation is 1. The van der Waals surface area contributed by atoms with Crippen molar-refractivity contribution in [2.45, 2.75) is 58.8 Å². The van der Waals surface area contributed by atoms with E-state index in [1.54, 1.807) is 7.11 Å². The lowest BCUT2D eigenvalue weighted by atomic mass is 9.73. The molecule has 0 fully saturated rings. The summed E-state index contributed by atoms with van der Waals surface area (Å²) in [6.07, 6.45) is 4.64. The van der Waals surface area contributed by atoms with Gasteiger partial charge in [-0.15, -0.1) is 0 Å². The first-order chi connectivity index (χ1) is 8.17. The fourth-order valence-corrected chi connectivity index (χ4v) is 2.75. The summed E-state index contributed by atoms with van der Waals surface area (Å²) < 4.78 is 5.40. The molecule has 0 amide bonds. The van der Waals surface area contributed by atoms with Crippen molar-refractivity contribution >= 4 is 0 Å². The Hall–Kier alpha value is -0.980. The van der Waals surface area contributed by atoms with Crippen LogP contribution in [0.25, 0.3) is 0 Å². The minimum absolute atomic E-state index is 0.343. The molecule has 0 radical (unpaired) electrons. The van der Waals surface area contributed by atoms with Gasteiger partial charge >= 0.3 is 0 Å². The van der Waals surface area contributed by atoms with Gasteiger partial charge in [0.1, 0.15) is 5.75 Å². The van der Waals surface area contributed by atoms with Crippen molar-refractivity contribution in [3.63, 3.8) is 0 Å². The molecule has 1 aromatic rings. The van der Waals surface area contributed by atoms with Crippen LogP contribution in [-0.2, 0) is 11.8 Å². The lowest BCUT2D eigenvalue weighted by molar-refractivity contribution is 0.378. The highest BCUT2D eigenvalue weighted by Gasteiger charge is 2.26. The van der Waals surface area contributed by atoms with Gasteiger partial charge in [-0.05, 0) is 48.3 Å². The molecule has 0 aliphatic heterocycles. The summed E-state index contributed by atoms with van der Waals surface area (Å²) in [7, 11) is 1.75. The molecule has 0 unspecified atom stereocenters. The molecule has 0 spiro atoms. The van der Waals surface area contributed by atoms with E-state index in [9.17, 15) is 0 Å². The second-order valence-corrected chi connectivity index (χ2v) is 4.72. The van der Waals surface area contributed by atoms with Crippen molar-refractivity contribution in [1.29, 1.82) is 0 Å². The largest absolute Gasteiger partial charge is 0.496 e. The van der Waals surface area contributed by atoms with E-state index in [1.807, 2.05) is 0 Å². The van der Waals surface area contributed by atoms with E-state index in [1.165, 1.54) is 30.4 Å². The molecule has 96 valence electrons. The molecule has 1 rings (SSSR count). The van der Waals surface area contributed by atoms with Crippen LogP contribution in [0.4, 0.5) is 0 Å². The van der Waals surface area contributed by atoms with Crippen LogP contribution in [-0.4, -0.2) is 7.11 Å². The van der Waals surface area contributed by atoms with Crippen molar-refractivity contribution in [2.24, 2.45) is 0 Å². The molecule has 17 heavy (non-hydrogen) atoms. The normalized spacial score (nSPS) is 11.6. The van der Waals surface area contributed by atoms with E-state index in [0.717, 1.165) is 12.2 Å². The molecule has 0 atom stereocenters. The molecular weight excluding hydrogens is 208 g/mol. The van der Waals surface area contributed by atoms with Crippen molar-refractivity contribution in [1.82, 2.24) is 0 Å². The molecule has 0 N–H and O–H groups in total. The van der Waals surface area contributed by atoms with Gasteiger partial charge in [0.2, 0.25) is 0 Å². The van der Waals surface area contributed by atoms with Crippen LogP contribution in [0.15, 0.2) is 18.2 Å². The van der Waals surface area contributed by atoms with Crippen LogP contribution in [0.1, 0.15) is 58.1 Å². The van der Waals surface area contributed by atoms with Crippen molar-refractivity contribution in [3.05, 3.63) is 29.3 Å². The van der Waals surface area contributed by atoms with Crippen molar-refractivity contribution in [3.8, 4) is 5.75 Å². The van der Waals surface area contributed by atoms with Gasteiger partial charge in [-0.1, -0.05) is 39.8 Å². The number of benzene rings is 1. The third-order valence-corrected chi connectivity index (χ3v) is 4.30. The van der Waals surface area contributed by atoms with Crippen molar-refractivity contribution in [2.75, 3.05) is 7.11 Å². The second-order valence-electron chi connectivity index (χ2n) is 4.72. The zero-order chi connectivity index (χ0) is 12.9. The lowest BCUT2D eigenvalue weighted by Crippen LogP contribution is -2.23. The standard InChI is InChI=1S/C16H26O/c1-6-13-12-14(10-11-15(13)17-5)16(7-2,8-3)9-4/h10-12H,6-9H2,1-5H3. The van der Waals surface area contributed by atoms with Crippen LogP contribution < -0.4 is 4.74 Å². The molecule has 0 bridgehead atoms. The summed E-state index contributed by atoms with van der Waals surface area (Å²) in [6.45, 7) is 9.07. The molecular formula is C16H26O. The average molecular weight is 234 g/mol. The molecule has 0 aliphatic rings. The van der Waals surface area contributed by atoms with Crippen LogP contribution >= 0.6 is 0 Å². The topological polar surface area (TPSA) is 9.23 Å². The maximum absolute atomic E-state index is 5.40. The smallest absolute Gasteiger partial charge is 0.122 e. The zero-order valence-corrected chi connectivity index (χ0v) is 12.0. The third kappa shape index (κ3) is 2.65. The predicted molar refractivity (Wildman–Crippen MR) is 74.9 cm³/mol. The number of rotatable bonds is 6. The summed E-state index contributed by atoms with van der Waals surface area (Å²) in [5.74, 6) is 1.02. The van der Waals surface area contributed by atoms with E-state index >= 15 is 0 Å². The highest BCUT2D eigenvalue weighted by Crippen LogP contribution is 2.37. The molecule has 1 heteroatoms.